The van der Waals surface area contributed by atoms with Crippen LogP contribution in [0.1, 0.15) is 92.2 Å². The number of carboxylic acids is 2. The van der Waals surface area contributed by atoms with Gasteiger partial charge in [-0.2, -0.15) is 15.8 Å². The molecule has 6 rings (SSSR count). The molecule has 0 aliphatic heterocycles. The number of aliphatic hydroxyl groups is 2. The van der Waals surface area contributed by atoms with Crippen molar-refractivity contribution in [1.29, 1.82) is 15.8 Å². The summed E-state index contributed by atoms with van der Waals surface area (Å²) in [6.45, 7) is 0. The first-order valence-electron chi connectivity index (χ1n) is 18.8. The van der Waals surface area contributed by atoms with Crippen molar-refractivity contribution in [1.82, 2.24) is 0 Å². The van der Waals surface area contributed by atoms with Crippen molar-refractivity contribution >= 4 is 35.9 Å². The van der Waals surface area contributed by atoms with Crippen LogP contribution in [0.2, 0.25) is 0 Å². The number of halogens is 1. The monoisotopic (exact) mass is 926 g/mol. The molecule has 3 saturated carbocycles. The number of methoxy groups -OCH3 is 3. The molecule has 0 spiro atoms. The fourth-order valence-corrected chi connectivity index (χ4v) is 7.28. The van der Waals surface area contributed by atoms with E-state index in [9.17, 15) is 9.59 Å². The molecule has 3 aromatic carbocycles. The van der Waals surface area contributed by atoms with Gasteiger partial charge in [0.25, 0.3) is 0 Å². The van der Waals surface area contributed by atoms with Gasteiger partial charge < -0.3 is 51.8 Å². The van der Waals surface area contributed by atoms with Gasteiger partial charge in [0.2, 0.25) is 0 Å². The van der Waals surface area contributed by atoms with Crippen LogP contribution in [0.5, 0.6) is 17.2 Å². The van der Waals surface area contributed by atoms with Crippen molar-refractivity contribution in [2.75, 3.05) is 21.3 Å². The van der Waals surface area contributed by atoms with Gasteiger partial charge in [0, 0.05) is 0 Å². The van der Waals surface area contributed by atoms with Gasteiger partial charge in [-0.05, 0) is 129 Å². The molecule has 0 amide bonds. The molecule has 0 radical (unpaired) electrons. The molecule has 0 heterocycles. The molecule has 318 valence electrons. The molecule has 15 nitrogen and oxygen atoms in total. The minimum absolute atomic E-state index is 0. The van der Waals surface area contributed by atoms with Crippen LogP contribution in [0.4, 0.5) is 0 Å². The topological polar surface area (TPSA) is 292 Å². The van der Waals surface area contributed by atoms with E-state index >= 15 is 0 Å². The third-order valence-electron chi connectivity index (χ3n) is 10.9. The molecule has 16 heteroatoms. The highest BCUT2D eigenvalue weighted by atomic mass is 127. The van der Waals surface area contributed by atoms with Gasteiger partial charge in [0.15, 0.2) is 12.2 Å². The van der Waals surface area contributed by atoms with Crippen molar-refractivity contribution in [2.24, 2.45) is 17.2 Å². The SMILES string of the molecule is COc1ccc([C@@H]2CC[C@@](N)(C#N)C2)cc1.COc1ccc([C@@H]2CC[C@](N)(C#N)C2)cc1.COc1ccc([C@@H]2CC[C@](N)(C#N)C2)cc1.I.O=C(O)[C@H](O)[C@@H](O)C(=O)O. The van der Waals surface area contributed by atoms with E-state index in [-0.39, 0.29) is 24.0 Å². The number of carboxylic acid groups (broad SMARTS) is 2. The Balaban J connectivity index is 0.000000274. The third kappa shape index (κ3) is 14.7. The molecular weight excluding hydrogens is 871 g/mol. The predicted octanol–water partition coefficient (Wildman–Crippen LogP) is 5.05. The first-order chi connectivity index (χ1) is 27.5. The fourth-order valence-electron chi connectivity index (χ4n) is 7.28. The summed E-state index contributed by atoms with van der Waals surface area (Å²) < 4.78 is 15.4. The van der Waals surface area contributed by atoms with E-state index in [1.165, 1.54) is 16.7 Å². The summed E-state index contributed by atoms with van der Waals surface area (Å²) >= 11 is 0. The molecule has 59 heavy (non-hydrogen) atoms. The van der Waals surface area contributed by atoms with Gasteiger partial charge in [-0.25, -0.2) is 9.59 Å². The Hall–Kier alpha value is -5.00. The summed E-state index contributed by atoms with van der Waals surface area (Å²) in [5.41, 5.74) is 19.8. The average Bonchev–Trinajstić information content (AvgIpc) is 3.98. The summed E-state index contributed by atoms with van der Waals surface area (Å²) in [4.78, 5) is 19.5. The lowest BCUT2D eigenvalue weighted by molar-refractivity contribution is -0.165. The van der Waals surface area contributed by atoms with Crippen LogP contribution in [-0.4, -0.2) is 82.5 Å². The number of hydrogen-bond acceptors (Lipinski definition) is 13. The number of nitrogens with two attached hydrogens (primary N) is 3. The number of ether oxygens (including phenoxy) is 3. The number of nitriles is 3. The van der Waals surface area contributed by atoms with Gasteiger partial charge in [-0.1, -0.05) is 36.4 Å². The molecule has 3 fully saturated rings. The Morgan fingerprint density at radius 2 is 0.780 bits per heavy atom. The van der Waals surface area contributed by atoms with Crippen molar-refractivity contribution in [3.05, 3.63) is 89.5 Å². The number of carbonyl (C=O) groups is 2. The van der Waals surface area contributed by atoms with Crippen LogP contribution in [0, 0.1) is 34.0 Å². The van der Waals surface area contributed by atoms with Gasteiger partial charge in [-0.15, -0.1) is 24.0 Å². The van der Waals surface area contributed by atoms with E-state index in [4.69, 9.17) is 67.6 Å². The van der Waals surface area contributed by atoms with E-state index in [1.54, 1.807) is 21.3 Å². The molecule has 0 unspecified atom stereocenters. The van der Waals surface area contributed by atoms with Crippen LogP contribution in [0.3, 0.4) is 0 Å². The smallest absolute Gasteiger partial charge is 0.335 e. The molecule has 8 atom stereocenters. The van der Waals surface area contributed by atoms with Crippen molar-refractivity contribution in [2.45, 2.75) is 104 Å². The van der Waals surface area contributed by atoms with Crippen molar-refractivity contribution in [3.8, 4) is 35.5 Å². The van der Waals surface area contributed by atoms with Crippen LogP contribution in [0.15, 0.2) is 72.8 Å². The molecule has 3 aromatic rings. The molecule has 0 saturated heterocycles. The summed E-state index contributed by atoms with van der Waals surface area (Å²) in [6.07, 6.45) is 3.11. The second-order valence-corrected chi connectivity index (χ2v) is 15.0. The molecular formula is C43H55IN6O9. The normalized spacial score (nSPS) is 26.0. The van der Waals surface area contributed by atoms with Gasteiger partial charge >= 0.3 is 11.9 Å². The van der Waals surface area contributed by atoms with Crippen LogP contribution < -0.4 is 31.4 Å². The highest BCUT2D eigenvalue weighted by molar-refractivity contribution is 14.0. The summed E-state index contributed by atoms with van der Waals surface area (Å²) in [5.74, 6) is 0.287. The Labute approximate surface area is 362 Å². The zero-order valence-corrected chi connectivity index (χ0v) is 35.8. The lowest BCUT2D eigenvalue weighted by Gasteiger charge is -2.14. The Kier molecular flexibility index (Phi) is 19.5. The Morgan fingerprint density at radius 1 is 0.559 bits per heavy atom. The Bertz CT molecular complexity index is 1720. The fraction of sp³-hybridized carbons (Fsp3) is 0.465. The maximum absolute atomic E-state index is 9.77. The minimum atomic E-state index is -2.27. The maximum Gasteiger partial charge on any atom is 0.335 e. The lowest BCUT2D eigenvalue weighted by atomic mass is 9.94. The number of rotatable bonds is 9. The number of aliphatic hydroxyl groups excluding tert-OH is 2. The summed E-state index contributed by atoms with van der Waals surface area (Å²) in [6, 6.07) is 30.8. The minimum Gasteiger partial charge on any atom is -0.497 e. The zero-order chi connectivity index (χ0) is 43.1. The van der Waals surface area contributed by atoms with E-state index in [0.717, 1.165) is 75.0 Å². The summed E-state index contributed by atoms with van der Waals surface area (Å²) in [5, 5.41) is 59.5. The lowest BCUT2D eigenvalue weighted by Crippen LogP contribution is -2.39. The molecule has 10 N–H and O–H groups in total. The second-order valence-electron chi connectivity index (χ2n) is 15.0. The van der Waals surface area contributed by atoms with E-state index < -0.39 is 40.8 Å². The van der Waals surface area contributed by atoms with E-state index in [1.807, 2.05) is 36.4 Å². The molecule has 0 bridgehead atoms. The zero-order valence-electron chi connectivity index (χ0n) is 33.5. The first-order valence-corrected chi connectivity index (χ1v) is 18.8. The number of nitrogens with zero attached hydrogens (tertiary/aromatic N) is 3. The largest absolute Gasteiger partial charge is 0.497 e. The first kappa shape index (κ1) is 50.1. The third-order valence-corrected chi connectivity index (χ3v) is 10.9. The van der Waals surface area contributed by atoms with Crippen molar-refractivity contribution < 1.29 is 44.2 Å². The van der Waals surface area contributed by atoms with Crippen LogP contribution in [-0.2, 0) is 9.59 Å². The van der Waals surface area contributed by atoms with E-state index in [0.29, 0.717) is 17.8 Å². The number of aliphatic carboxylic acids is 2. The highest BCUT2D eigenvalue weighted by Crippen LogP contribution is 2.41. The standard InChI is InChI=1S/3C13H16N2O.C4H6O6.HI/c3*1-16-12-4-2-10(3-5-12)11-6-7-13(15,8-11)9-14;5-1(3(7)8)2(6)4(9)10;/h3*2-5,11H,6-8,15H2,1H3;1-2,5-6H,(H,7,8)(H,9,10);1H/t11-,13+;2*11-,13-;1-,2-;/m1111./s1. The molecule has 0 aromatic heterocycles. The average molecular weight is 927 g/mol. The second kappa shape index (κ2) is 23.0. The van der Waals surface area contributed by atoms with Crippen LogP contribution >= 0.6 is 24.0 Å². The van der Waals surface area contributed by atoms with Crippen LogP contribution in [0.25, 0.3) is 0 Å². The summed E-state index contributed by atoms with van der Waals surface area (Å²) in [7, 11) is 4.97. The number of benzene rings is 3. The van der Waals surface area contributed by atoms with Gasteiger partial charge in [0.05, 0.1) is 39.5 Å². The van der Waals surface area contributed by atoms with Gasteiger partial charge in [0.1, 0.15) is 33.9 Å². The predicted molar refractivity (Wildman–Crippen MR) is 229 cm³/mol. The van der Waals surface area contributed by atoms with Gasteiger partial charge in [-0.3, -0.25) is 0 Å². The molecule has 3 aliphatic rings. The number of hydrogen-bond donors (Lipinski definition) is 7. The Morgan fingerprint density at radius 3 is 0.932 bits per heavy atom. The van der Waals surface area contributed by atoms with E-state index in [2.05, 4.69) is 54.6 Å². The maximum atomic E-state index is 9.77. The quantitative estimate of drug-likeness (QED) is 0.138. The highest BCUT2D eigenvalue weighted by Gasteiger charge is 2.38. The molecule has 3 aliphatic carbocycles. The van der Waals surface area contributed by atoms with Crippen molar-refractivity contribution in [3.63, 3.8) is 0 Å².